The van der Waals surface area contributed by atoms with Crippen LogP contribution in [0.2, 0.25) is 0 Å². The molecule has 3 aromatic heterocycles. The fourth-order valence-electron chi connectivity index (χ4n) is 6.06. The average molecular weight is 492 g/mol. The van der Waals surface area contributed by atoms with Crippen molar-refractivity contribution in [2.24, 2.45) is 5.41 Å². The maximum absolute atomic E-state index is 13.8. The van der Waals surface area contributed by atoms with Gasteiger partial charge >= 0.3 is 0 Å². The Morgan fingerprint density at radius 2 is 2.06 bits per heavy atom. The predicted octanol–water partition coefficient (Wildman–Crippen LogP) is 3.28. The van der Waals surface area contributed by atoms with Gasteiger partial charge in [-0.1, -0.05) is 13.8 Å². The summed E-state index contributed by atoms with van der Waals surface area (Å²) < 4.78 is 1.83. The topological polar surface area (TPSA) is 106 Å². The molecule has 36 heavy (non-hydrogen) atoms. The number of hydrogen-bond acceptors (Lipinski definition) is 7. The van der Waals surface area contributed by atoms with Crippen molar-refractivity contribution in [3.05, 3.63) is 30.1 Å². The number of fused-ring (bicyclic) bond motifs is 1. The lowest BCUT2D eigenvalue weighted by atomic mass is 9.84. The van der Waals surface area contributed by atoms with E-state index in [0.717, 1.165) is 49.4 Å². The average Bonchev–Trinajstić information content (AvgIpc) is 3.25. The van der Waals surface area contributed by atoms with Gasteiger partial charge in [0.15, 0.2) is 11.6 Å². The first-order valence-corrected chi connectivity index (χ1v) is 13.2. The number of likely N-dealkylation sites (N-methyl/N-ethyl adjacent to an activating group) is 1. The van der Waals surface area contributed by atoms with Crippen molar-refractivity contribution in [1.82, 2.24) is 35.0 Å². The van der Waals surface area contributed by atoms with Crippen LogP contribution in [0.1, 0.15) is 64.5 Å². The van der Waals surface area contributed by atoms with Gasteiger partial charge in [0.25, 0.3) is 0 Å². The number of nitrogens with zero attached hydrogens (tertiary/aromatic N) is 6. The van der Waals surface area contributed by atoms with Gasteiger partial charge in [0.1, 0.15) is 11.1 Å². The zero-order valence-electron chi connectivity index (χ0n) is 21.7. The number of H-pyrrole nitrogens is 1. The van der Waals surface area contributed by atoms with Crippen LogP contribution in [0.4, 0.5) is 17.6 Å². The summed E-state index contributed by atoms with van der Waals surface area (Å²) in [5, 5.41) is 19.2. The molecule has 6 rings (SSSR count). The number of anilines is 3. The summed E-state index contributed by atoms with van der Waals surface area (Å²) in [6.45, 7) is 9.13. The number of likely N-dealkylation sites (tertiary alicyclic amines) is 1. The van der Waals surface area contributed by atoms with Crippen LogP contribution in [0, 0.1) is 5.41 Å². The molecule has 1 saturated carbocycles. The van der Waals surface area contributed by atoms with Gasteiger partial charge in [0, 0.05) is 43.0 Å². The zero-order chi connectivity index (χ0) is 25.1. The van der Waals surface area contributed by atoms with Gasteiger partial charge in [-0.05, 0) is 70.2 Å². The molecule has 0 radical (unpaired) electrons. The molecular weight excluding hydrogens is 454 g/mol. The van der Waals surface area contributed by atoms with E-state index in [4.69, 9.17) is 10.1 Å². The SMILES string of the molecule is CN1CCC[C@@H](NC(=O)[C@]2(C)CC(C)(C)CN2c2nc(Nc3cc(C4CC4)[nH]n3)c3cccn3n2)C1. The van der Waals surface area contributed by atoms with E-state index in [9.17, 15) is 4.79 Å². The van der Waals surface area contributed by atoms with E-state index >= 15 is 0 Å². The van der Waals surface area contributed by atoms with Crippen LogP contribution in [0.15, 0.2) is 24.4 Å². The Labute approximate surface area is 211 Å². The van der Waals surface area contributed by atoms with Gasteiger partial charge in [-0.3, -0.25) is 9.89 Å². The Morgan fingerprint density at radius 3 is 2.83 bits per heavy atom. The Kier molecular flexibility index (Phi) is 5.47. The molecular formula is C26H37N9O. The smallest absolute Gasteiger partial charge is 0.246 e. The summed E-state index contributed by atoms with van der Waals surface area (Å²) in [5.41, 5.74) is 1.23. The van der Waals surface area contributed by atoms with Gasteiger partial charge < -0.3 is 20.4 Å². The summed E-state index contributed by atoms with van der Waals surface area (Å²) in [6, 6.07) is 6.18. The molecule has 1 aliphatic carbocycles. The quantitative estimate of drug-likeness (QED) is 0.486. The monoisotopic (exact) mass is 491 g/mol. The van der Waals surface area contributed by atoms with E-state index in [1.165, 1.54) is 12.8 Å². The van der Waals surface area contributed by atoms with Crippen LogP contribution in [0.5, 0.6) is 0 Å². The minimum Gasteiger partial charge on any atom is -0.350 e. The number of rotatable bonds is 6. The van der Waals surface area contributed by atoms with Crippen molar-refractivity contribution in [2.75, 3.05) is 36.9 Å². The standard InChI is InChI=1S/C26H37N9O/c1-25(2)15-26(3,23(36)27-18-7-5-11-33(4)14-18)34(16-25)24-29-22(20-8-6-12-35(20)32-24)28-21-13-19(30-31-21)17-9-10-17/h6,8,12-13,17-18H,5,7,9-11,14-16H2,1-4H3,(H,27,36)(H2,28,29,30,31,32)/t18-,26+/m1/s1. The van der Waals surface area contributed by atoms with E-state index in [-0.39, 0.29) is 17.4 Å². The highest BCUT2D eigenvalue weighted by atomic mass is 16.2. The molecule has 3 fully saturated rings. The molecule has 2 saturated heterocycles. The number of piperidine rings is 1. The molecule has 0 unspecified atom stereocenters. The van der Waals surface area contributed by atoms with Crippen molar-refractivity contribution >= 4 is 29.0 Å². The number of aromatic amines is 1. The van der Waals surface area contributed by atoms with Crippen molar-refractivity contribution in [1.29, 1.82) is 0 Å². The first-order chi connectivity index (χ1) is 17.2. The van der Waals surface area contributed by atoms with Crippen molar-refractivity contribution in [2.45, 2.75) is 70.4 Å². The van der Waals surface area contributed by atoms with Gasteiger partial charge in [0.2, 0.25) is 11.9 Å². The third-order valence-electron chi connectivity index (χ3n) is 7.94. The van der Waals surface area contributed by atoms with E-state index in [0.29, 0.717) is 24.2 Å². The van der Waals surface area contributed by atoms with Gasteiger partial charge in [-0.2, -0.15) is 10.1 Å². The van der Waals surface area contributed by atoms with Crippen LogP contribution in [0.25, 0.3) is 5.52 Å². The Bertz CT molecular complexity index is 1280. The number of carbonyl (C=O) groups excluding carboxylic acids is 1. The lowest BCUT2D eigenvalue weighted by Crippen LogP contribution is -2.58. The number of amides is 1. The van der Waals surface area contributed by atoms with Gasteiger partial charge in [-0.15, -0.1) is 5.10 Å². The van der Waals surface area contributed by atoms with Crippen LogP contribution >= 0.6 is 0 Å². The molecule has 10 nitrogen and oxygen atoms in total. The second-order valence-electron chi connectivity index (χ2n) is 12.0. The number of hydrogen-bond donors (Lipinski definition) is 3. The molecule has 0 aromatic carbocycles. The molecule has 0 spiro atoms. The second kappa shape index (κ2) is 8.47. The summed E-state index contributed by atoms with van der Waals surface area (Å²) in [7, 11) is 2.12. The third kappa shape index (κ3) is 4.31. The molecule has 3 N–H and O–H groups in total. The molecule has 0 bridgehead atoms. The molecule has 3 aliphatic rings. The lowest BCUT2D eigenvalue weighted by Gasteiger charge is -2.37. The maximum Gasteiger partial charge on any atom is 0.246 e. The van der Waals surface area contributed by atoms with Crippen LogP contribution in [0.3, 0.4) is 0 Å². The van der Waals surface area contributed by atoms with Gasteiger partial charge in [0.05, 0.1) is 0 Å². The normalized spacial score (nSPS) is 26.4. The predicted molar refractivity (Wildman–Crippen MR) is 140 cm³/mol. The zero-order valence-corrected chi connectivity index (χ0v) is 21.7. The van der Waals surface area contributed by atoms with Crippen LogP contribution < -0.4 is 15.5 Å². The van der Waals surface area contributed by atoms with Crippen LogP contribution in [-0.4, -0.2) is 73.9 Å². The Hall–Kier alpha value is -3.14. The maximum atomic E-state index is 13.8. The first-order valence-electron chi connectivity index (χ1n) is 13.2. The molecule has 10 heteroatoms. The molecule has 2 atom stereocenters. The highest BCUT2D eigenvalue weighted by Gasteiger charge is 2.52. The third-order valence-corrected chi connectivity index (χ3v) is 7.94. The first kappa shape index (κ1) is 23.3. The summed E-state index contributed by atoms with van der Waals surface area (Å²) >= 11 is 0. The number of nitrogens with one attached hydrogen (secondary N) is 3. The molecule has 1 amide bonds. The number of aromatic nitrogens is 5. The minimum absolute atomic E-state index is 0.0560. The second-order valence-corrected chi connectivity index (χ2v) is 12.0. The van der Waals surface area contributed by atoms with Crippen molar-refractivity contribution in [3.63, 3.8) is 0 Å². The fraction of sp³-hybridized carbons (Fsp3) is 0.615. The number of carbonyl (C=O) groups is 1. The largest absolute Gasteiger partial charge is 0.350 e. The van der Waals surface area contributed by atoms with Crippen molar-refractivity contribution < 1.29 is 4.79 Å². The Balaban J connectivity index is 1.32. The molecule has 3 aromatic rings. The van der Waals surface area contributed by atoms with Crippen molar-refractivity contribution in [3.8, 4) is 0 Å². The summed E-state index contributed by atoms with van der Waals surface area (Å²) in [5.74, 6) is 2.62. The molecule has 2 aliphatic heterocycles. The summed E-state index contributed by atoms with van der Waals surface area (Å²) in [4.78, 5) is 23.2. The van der Waals surface area contributed by atoms with Gasteiger partial charge in [-0.25, -0.2) is 4.52 Å². The van der Waals surface area contributed by atoms with E-state index in [1.54, 1.807) is 0 Å². The highest BCUT2D eigenvalue weighted by Crippen LogP contribution is 2.44. The fourth-order valence-corrected chi connectivity index (χ4v) is 6.06. The highest BCUT2D eigenvalue weighted by molar-refractivity contribution is 5.90. The van der Waals surface area contributed by atoms with E-state index in [1.807, 2.05) is 29.8 Å². The Morgan fingerprint density at radius 1 is 1.22 bits per heavy atom. The molecule has 192 valence electrons. The molecule has 5 heterocycles. The van der Waals surface area contributed by atoms with E-state index in [2.05, 4.69) is 57.6 Å². The minimum atomic E-state index is -0.747. The summed E-state index contributed by atoms with van der Waals surface area (Å²) in [6.07, 6.45) is 7.19. The lowest BCUT2D eigenvalue weighted by molar-refractivity contribution is -0.127. The van der Waals surface area contributed by atoms with Crippen LogP contribution in [-0.2, 0) is 4.79 Å². The van der Waals surface area contributed by atoms with E-state index < -0.39 is 5.54 Å².